The lowest BCUT2D eigenvalue weighted by molar-refractivity contribution is -0.0899. The predicted octanol–water partition coefficient (Wildman–Crippen LogP) is 4.73. The second kappa shape index (κ2) is 9.18. The van der Waals surface area contributed by atoms with E-state index in [2.05, 4.69) is 23.6 Å². The Hall–Kier alpha value is -1.86. The number of halogens is 2. The summed E-state index contributed by atoms with van der Waals surface area (Å²) in [6.45, 7) is 7.75. The first-order valence-electron chi connectivity index (χ1n) is 11.8. The Labute approximate surface area is 189 Å². The zero-order valence-corrected chi connectivity index (χ0v) is 19.4. The molecule has 4 rings (SSSR count). The van der Waals surface area contributed by atoms with Crippen molar-refractivity contribution in [2.45, 2.75) is 82.5 Å². The molecule has 2 heterocycles. The van der Waals surface area contributed by atoms with Crippen LogP contribution in [0.15, 0.2) is 47.0 Å². The summed E-state index contributed by atoms with van der Waals surface area (Å²) in [4.78, 5) is 0. The molecule has 1 spiro atoms. The molecule has 2 aliphatic heterocycles. The molecule has 2 saturated heterocycles. The summed E-state index contributed by atoms with van der Waals surface area (Å²) in [7, 11) is 0. The Morgan fingerprint density at radius 1 is 1.31 bits per heavy atom. The highest BCUT2D eigenvalue weighted by atomic mass is 19.3. The first-order valence-corrected chi connectivity index (χ1v) is 11.8. The highest BCUT2D eigenvalue weighted by Crippen LogP contribution is 2.50. The highest BCUT2D eigenvalue weighted by molar-refractivity contribution is 5.43. The fourth-order valence-electron chi connectivity index (χ4n) is 4.57. The van der Waals surface area contributed by atoms with Crippen molar-refractivity contribution in [2.24, 2.45) is 0 Å². The fraction of sp³-hybridized carbons (Fsp3) is 0.680. The van der Waals surface area contributed by atoms with E-state index in [0.717, 1.165) is 62.6 Å². The zero-order valence-electron chi connectivity index (χ0n) is 19.4. The van der Waals surface area contributed by atoms with Crippen LogP contribution < -0.4 is 10.6 Å². The lowest BCUT2D eigenvalue weighted by Gasteiger charge is -2.41. The van der Waals surface area contributed by atoms with Crippen LogP contribution in [0.5, 0.6) is 0 Å². The first-order chi connectivity index (χ1) is 15.2. The van der Waals surface area contributed by atoms with E-state index in [0.29, 0.717) is 26.2 Å². The third-order valence-electron chi connectivity index (χ3n) is 6.75. The Kier molecular flexibility index (Phi) is 6.68. The van der Waals surface area contributed by atoms with Crippen LogP contribution in [0, 0.1) is 0 Å². The normalized spacial score (nSPS) is 32.2. The molecule has 0 bridgehead atoms. The van der Waals surface area contributed by atoms with Crippen molar-refractivity contribution in [2.75, 3.05) is 26.4 Å². The first kappa shape index (κ1) is 23.3. The Balaban J connectivity index is 1.54. The van der Waals surface area contributed by atoms with E-state index in [1.165, 1.54) is 0 Å². The second-order valence-electron chi connectivity index (χ2n) is 9.68. The fourth-order valence-corrected chi connectivity index (χ4v) is 4.57. The van der Waals surface area contributed by atoms with Crippen molar-refractivity contribution in [3.63, 3.8) is 0 Å². The molecule has 1 unspecified atom stereocenters. The third kappa shape index (κ3) is 5.37. The van der Waals surface area contributed by atoms with Crippen LogP contribution >= 0.6 is 0 Å². The topological polar surface area (TPSA) is 51.8 Å². The molecular formula is C25H36F2N2O3. The highest BCUT2D eigenvalue weighted by Gasteiger charge is 2.50. The molecule has 3 fully saturated rings. The average molecular weight is 451 g/mol. The van der Waals surface area contributed by atoms with E-state index in [9.17, 15) is 8.78 Å². The van der Waals surface area contributed by atoms with Gasteiger partial charge in [0.05, 0.1) is 31.6 Å². The summed E-state index contributed by atoms with van der Waals surface area (Å²) in [6, 6.07) is 0. The van der Waals surface area contributed by atoms with Gasteiger partial charge in [0.25, 0.3) is 5.92 Å². The molecule has 7 heteroatoms. The molecule has 2 N–H and O–H groups in total. The average Bonchev–Trinajstić information content (AvgIpc) is 3.50. The monoisotopic (exact) mass is 450 g/mol. The van der Waals surface area contributed by atoms with E-state index in [4.69, 9.17) is 14.2 Å². The van der Waals surface area contributed by atoms with Gasteiger partial charge in [0, 0.05) is 37.2 Å². The minimum Gasteiger partial charge on any atom is -0.479 e. The molecule has 5 nitrogen and oxygen atoms in total. The van der Waals surface area contributed by atoms with Gasteiger partial charge in [-0.1, -0.05) is 25.2 Å². The second-order valence-corrected chi connectivity index (χ2v) is 9.68. The Bertz CT molecular complexity index is 818. The predicted molar refractivity (Wildman–Crippen MR) is 120 cm³/mol. The molecule has 1 saturated carbocycles. The minimum absolute atomic E-state index is 0.0737. The van der Waals surface area contributed by atoms with E-state index in [-0.39, 0.29) is 17.2 Å². The van der Waals surface area contributed by atoms with Gasteiger partial charge < -0.3 is 24.8 Å². The van der Waals surface area contributed by atoms with Crippen LogP contribution in [0.2, 0.25) is 0 Å². The van der Waals surface area contributed by atoms with Crippen molar-refractivity contribution < 1.29 is 23.0 Å². The molecule has 0 amide bonds. The van der Waals surface area contributed by atoms with E-state index < -0.39 is 11.5 Å². The molecule has 2 atom stereocenters. The van der Waals surface area contributed by atoms with E-state index in [1.54, 1.807) is 12.2 Å². The lowest BCUT2D eigenvalue weighted by atomic mass is 9.79. The summed E-state index contributed by atoms with van der Waals surface area (Å²) in [5.41, 5.74) is 1.29. The number of allylic oxidation sites excluding steroid dienone is 3. The Morgan fingerprint density at radius 2 is 2.12 bits per heavy atom. The van der Waals surface area contributed by atoms with Gasteiger partial charge in [-0.2, -0.15) is 0 Å². The SMILES string of the molecule is CC/C=C1\NC2(CC2)CC2=CC(C(C)(F)F)=CCC2(C)O\C1=C\NCC[C@@H]1COCCO1. The summed E-state index contributed by atoms with van der Waals surface area (Å²) in [5.74, 6) is -2.12. The van der Waals surface area contributed by atoms with Gasteiger partial charge in [0.15, 0.2) is 5.76 Å². The number of ether oxygens (including phenoxy) is 3. The number of hydrogen-bond acceptors (Lipinski definition) is 5. The molecule has 178 valence electrons. The molecule has 4 aliphatic rings. The molecule has 32 heavy (non-hydrogen) atoms. The quantitative estimate of drug-likeness (QED) is 0.573. The van der Waals surface area contributed by atoms with Crippen molar-refractivity contribution in [1.82, 2.24) is 10.6 Å². The van der Waals surface area contributed by atoms with Crippen LogP contribution in [-0.4, -0.2) is 49.5 Å². The van der Waals surface area contributed by atoms with Gasteiger partial charge in [-0.05, 0) is 44.6 Å². The summed E-state index contributed by atoms with van der Waals surface area (Å²) in [6.07, 6.45) is 12.4. The number of rotatable bonds is 6. The van der Waals surface area contributed by atoms with Crippen molar-refractivity contribution in [1.29, 1.82) is 0 Å². The standard InChI is InChI=1S/C25H36F2N2O3/c1-4-5-21-22(16-28-11-7-20-17-30-12-13-31-20)32-23(2)8-6-18(24(3,26)27)14-19(23)15-25(29-21)9-10-25/h5-6,14,16,20,28-29H,4,7-13,15,17H2,1-3H3/b21-5-,22-16+/t20-,23?/m1/s1. The largest absolute Gasteiger partial charge is 0.479 e. The Morgan fingerprint density at radius 3 is 2.78 bits per heavy atom. The van der Waals surface area contributed by atoms with Crippen molar-refractivity contribution in [3.05, 3.63) is 47.0 Å². The summed E-state index contributed by atoms with van der Waals surface area (Å²) in [5, 5.41) is 7.06. The maximum atomic E-state index is 14.1. The van der Waals surface area contributed by atoms with Gasteiger partial charge in [0.2, 0.25) is 0 Å². The zero-order chi connectivity index (χ0) is 22.8. The smallest absolute Gasteiger partial charge is 0.270 e. The molecule has 0 aromatic heterocycles. The maximum absolute atomic E-state index is 14.1. The summed E-state index contributed by atoms with van der Waals surface area (Å²) >= 11 is 0. The van der Waals surface area contributed by atoms with Crippen molar-refractivity contribution >= 4 is 0 Å². The van der Waals surface area contributed by atoms with Gasteiger partial charge in [-0.3, -0.25) is 0 Å². The maximum Gasteiger partial charge on any atom is 0.270 e. The minimum atomic E-state index is -2.85. The van der Waals surface area contributed by atoms with Crippen LogP contribution in [-0.2, 0) is 14.2 Å². The molecule has 0 aromatic carbocycles. The van der Waals surface area contributed by atoms with Gasteiger partial charge in [0.1, 0.15) is 5.60 Å². The van der Waals surface area contributed by atoms with Crippen LogP contribution in [0.1, 0.15) is 59.3 Å². The van der Waals surface area contributed by atoms with Gasteiger partial charge in [-0.15, -0.1) is 0 Å². The molecular weight excluding hydrogens is 414 g/mol. The van der Waals surface area contributed by atoms with Crippen LogP contribution in [0.4, 0.5) is 8.78 Å². The molecule has 0 radical (unpaired) electrons. The molecule has 2 aliphatic carbocycles. The van der Waals surface area contributed by atoms with Crippen molar-refractivity contribution in [3.8, 4) is 0 Å². The van der Waals surface area contributed by atoms with Crippen LogP contribution in [0.25, 0.3) is 0 Å². The number of fused-ring (bicyclic) bond motifs is 1. The number of hydrogen-bond donors (Lipinski definition) is 2. The van der Waals surface area contributed by atoms with Gasteiger partial charge >= 0.3 is 0 Å². The lowest BCUT2D eigenvalue weighted by Crippen LogP contribution is -2.43. The summed E-state index contributed by atoms with van der Waals surface area (Å²) < 4.78 is 45.9. The third-order valence-corrected chi connectivity index (χ3v) is 6.75. The molecule has 0 aromatic rings. The van der Waals surface area contributed by atoms with E-state index >= 15 is 0 Å². The van der Waals surface area contributed by atoms with Gasteiger partial charge in [-0.25, -0.2) is 8.78 Å². The van der Waals surface area contributed by atoms with Crippen LogP contribution in [0.3, 0.4) is 0 Å². The number of nitrogens with one attached hydrogen (secondary N) is 2. The number of alkyl halides is 2. The van der Waals surface area contributed by atoms with E-state index in [1.807, 2.05) is 13.1 Å².